The maximum atomic E-state index is 11.5. The molecule has 8 heteroatoms. The molecule has 0 spiro atoms. The predicted molar refractivity (Wildman–Crippen MR) is 75.9 cm³/mol. The van der Waals surface area contributed by atoms with Crippen molar-refractivity contribution in [3.63, 3.8) is 0 Å². The monoisotopic (exact) mass is 314 g/mol. The van der Waals surface area contributed by atoms with E-state index in [1.807, 2.05) is 25.1 Å². The van der Waals surface area contributed by atoms with Gasteiger partial charge in [0.1, 0.15) is 5.82 Å². The van der Waals surface area contributed by atoms with Crippen LogP contribution in [0.2, 0.25) is 5.02 Å². The zero-order valence-corrected chi connectivity index (χ0v) is 12.5. The van der Waals surface area contributed by atoms with Crippen LogP contribution in [-0.4, -0.2) is 23.2 Å². The van der Waals surface area contributed by atoms with Crippen LogP contribution in [0.5, 0.6) is 0 Å². The van der Waals surface area contributed by atoms with Crippen molar-refractivity contribution in [2.75, 3.05) is 0 Å². The Labute approximate surface area is 122 Å². The number of aromatic nitrogens is 3. The molecular formula is C12H15ClN4O2S. The Morgan fingerprint density at radius 1 is 1.30 bits per heavy atom. The number of benzene rings is 1. The third-order valence-electron chi connectivity index (χ3n) is 2.80. The number of hydrogen-bond acceptors (Lipinski definition) is 4. The van der Waals surface area contributed by atoms with E-state index in [-0.39, 0.29) is 5.16 Å². The van der Waals surface area contributed by atoms with E-state index < -0.39 is 10.0 Å². The molecule has 0 amide bonds. The molecule has 2 aromatic rings. The molecule has 6 nitrogen and oxygen atoms in total. The molecule has 0 aliphatic rings. The number of nitrogens with zero attached hydrogens (tertiary/aromatic N) is 3. The summed E-state index contributed by atoms with van der Waals surface area (Å²) in [6, 6.07) is 7.34. The maximum absolute atomic E-state index is 11.5. The molecule has 0 atom stereocenters. The zero-order chi connectivity index (χ0) is 14.8. The molecule has 0 unspecified atom stereocenters. The van der Waals surface area contributed by atoms with Gasteiger partial charge in [-0.1, -0.05) is 36.7 Å². The second kappa shape index (κ2) is 5.90. The molecule has 0 radical (unpaired) electrons. The molecule has 2 N–H and O–H groups in total. The Hall–Kier alpha value is -1.44. The van der Waals surface area contributed by atoms with Gasteiger partial charge in [0.15, 0.2) is 0 Å². The van der Waals surface area contributed by atoms with Crippen molar-refractivity contribution in [1.82, 2.24) is 14.8 Å². The van der Waals surface area contributed by atoms with Crippen LogP contribution < -0.4 is 5.14 Å². The Kier molecular flexibility index (Phi) is 4.42. The quantitative estimate of drug-likeness (QED) is 0.907. The summed E-state index contributed by atoms with van der Waals surface area (Å²) in [7, 11) is -3.88. The van der Waals surface area contributed by atoms with E-state index in [1.54, 1.807) is 6.07 Å². The molecule has 20 heavy (non-hydrogen) atoms. The zero-order valence-electron chi connectivity index (χ0n) is 11.0. The van der Waals surface area contributed by atoms with Crippen LogP contribution in [0.15, 0.2) is 29.4 Å². The molecule has 1 aromatic carbocycles. The molecule has 1 heterocycles. The third-order valence-corrected chi connectivity index (χ3v) is 3.98. The van der Waals surface area contributed by atoms with Gasteiger partial charge in [0.2, 0.25) is 0 Å². The lowest BCUT2D eigenvalue weighted by Gasteiger charge is -2.08. The van der Waals surface area contributed by atoms with Gasteiger partial charge in [-0.25, -0.2) is 13.6 Å². The van der Waals surface area contributed by atoms with Crippen molar-refractivity contribution in [2.45, 2.75) is 31.5 Å². The number of nitrogens with two attached hydrogens (primary N) is 1. The fourth-order valence-corrected chi connectivity index (χ4v) is 2.78. The van der Waals surface area contributed by atoms with Gasteiger partial charge in [0, 0.05) is 18.0 Å². The largest absolute Gasteiger partial charge is 0.300 e. The first-order valence-corrected chi connectivity index (χ1v) is 8.04. The first-order chi connectivity index (χ1) is 9.43. The number of hydrogen-bond donors (Lipinski definition) is 1. The van der Waals surface area contributed by atoms with Gasteiger partial charge in [-0.15, -0.1) is 10.2 Å². The first kappa shape index (κ1) is 15.0. The number of rotatable bonds is 5. The summed E-state index contributed by atoms with van der Waals surface area (Å²) >= 11 is 6.10. The van der Waals surface area contributed by atoms with Crippen LogP contribution in [0.25, 0.3) is 0 Å². The van der Waals surface area contributed by atoms with E-state index in [2.05, 4.69) is 10.2 Å². The smallest absolute Gasteiger partial charge is 0.273 e. The van der Waals surface area contributed by atoms with E-state index in [1.165, 1.54) is 4.57 Å². The van der Waals surface area contributed by atoms with Gasteiger partial charge in [-0.2, -0.15) is 0 Å². The summed E-state index contributed by atoms with van der Waals surface area (Å²) in [5.74, 6) is 0.531. The Morgan fingerprint density at radius 2 is 2.00 bits per heavy atom. The van der Waals surface area contributed by atoms with Gasteiger partial charge in [0.05, 0.1) is 0 Å². The molecule has 2 rings (SSSR count). The number of primary sulfonamides is 1. The minimum absolute atomic E-state index is 0.207. The van der Waals surface area contributed by atoms with Gasteiger partial charge in [0.25, 0.3) is 15.2 Å². The van der Waals surface area contributed by atoms with Crippen LogP contribution in [0.1, 0.15) is 24.7 Å². The lowest BCUT2D eigenvalue weighted by Crippen LogP contribution is -2.19. The molecular weight excluding hydrogens is 300 g/mol. The van der Waals surface area contributed by atoms with Crippen molar-refractivity contribution in [3.8, 4) is 0 Å². The highest BCUT2D eigenvalue weighted by atomic mass is 35.5. The van der Waals surface area contributed by atoms with Crippen molar-refractivity contribution in [1.29, 1.82) is 0 Å². The second-order valence-electron chi connectivity index (χ2n) is 4.36. The van der Waals surface area contributed by atoms with Crippen molar-refractivity contribution in [3.05, 3.63) is 40.7 Å². The van der Waals surface area contributed by atoms with Gasteiger partial charge in [-0.3, -0.25) is 0 Å². The van der Waals surface area contributed by atoms with Gasteiger partial charge in [-0.05, 0) is 18.1 Å². The summed E-state index contributed by atoms with van der Waals surface area (Å²) < 4.78 is 24.5. The minimum atomic E-state index is -3.88. The normalized spacial score (nSPS) is 11.8. The predicted octanol–water partition coefficient (Wildman–Crippen LogP) is 1.58. The van der Waals surface area contributed by atoms with Crippen LogP contribution in [0.3, 0.4) is 0 Å². The third kappa shape index (κ3) is 3.17. The first-order valence-electron chi connectivity index (χ1n) is 6.11. The Morgan fingerprint density at radius 3 is 2.60 bits per heavy atom. The average molecular weight is 315 g/mol. The van der Waals surface area contributed by atoms with E-state index >= 15 is 0 Å². The highest BCUT2D eigenvalue weighted by Gasteiger charge is 2.21. The van der Waals surface area contributed by atoms with Crippen LogP contribution in [0, 0.1) is 0 Å². The van der Waals surface area contributed by atoms with Gasteiger partial charge >= 0.3 is 0 Å². The lowest BCUT2D eigenvalue weighted by molar-refractivity contribution is 0.550. The number of halogens is 1. The molecule has 108 valence electrons. The topological polar surface area (TPSA) is 90.9 Å². The SMILES string of the molecule is CCCn1c(Cc2ccccc2Cl)nnc1S(N)(=O)=O. The lowest BCUT2D eigenvalue weighted by atomic mass is 10.1. The standard InChI is InChI=1S/C12H15ClN4O2S/c1-2-7-17-11(15-16-12(17)20(14,18)19)8-9-5-3-4-6-10(9)13/h3-6H,2,7-8H2,1H3,(H2,14,18,19). The Bertz CT molecular complexity index is 712. The maximum Gasteiger partial charge on any atom is 0.273 e. The fraction of sp³-hybridized carbons (Fsp3) is 0.333. The summed E-state index contributed by atoms with van der Waals surface area (Å²) in [5.41, 5.74) is 0.861. The van der Waals surface area contributed by atoms with Gasteiger partial charge < -0.3 is 4.57 Å². The molecule has 0 aliphatic carbocycles. The van der Waals surface area contributed by atoms with Crippen LogP contribution >= 0.6 is 11.6 Å². The molecule has 0 saturated carbocycles. The van der Waals surface area contributed by atoms with E-state index in [4.69, 9.17) is 16.7 Å². The fourth-order valence-electron chi connectivity index (χ4n) is 1.92. The summed E-state index contributed by atoms with van der Waals surface area (Å²) in [4.78, 5) is 0. The number of sulfonamides is 1. The minimum Gasteiger partial charge on any atom is -0.300 e. The highest BCUT2D eigenvalue weighted by Crippen LogP contribution is 2.19. The van der Waals surface area contributed by atoms with Crippen molar-refractivity contribution < 1.29 is 8.42 Å². The van der Waals surface area contributed by atoms with Crippen LogP contribution in [0.4, 0.5) is 0 Å². The van der Waals surface area contributed by atoms with Crippen LogP contribution in [-0.2, 0) is 23.0 Å². The average Bonchev–Trinajstić information content (AvgIpc) is 2.76. The summed E-state index contributed by atoms with van der Waals surface area (Å²) in [5, 5.41) is 13.2. The molecule has 0 aliphatic heterocycles. The molecule has 0 bridgehead atoms. The second-order valence-corrected chi connectivity index (χ2v) is 6.23. The summed E-state index contributed by atoms with van der Waals surface area (Å²) in [6.07, 6.45) is 1.15. The van der Waals surface area contributed by atoms with E-state index in [0.717, 1.165) is 12.0 Å². The van der Waals surface area contributed by atoms with E-state index in [9.17, 15) is 8.42 Å². The van der Waals surface area contributed by atoms with Crippen molar-refractivity contribution in [2.24, 2.45) is 5.14 Å². The van der Waals surface area contributed by atoms with Crippen molar-refractivity contribution >= 4 is 21.6 Å². The highest BCUT2D eigenvalue weighted by molar-refractivity contribution is 7.89. The molecule has 0 saturated heterocycles. The molecule has 0 fully saturated rings. The Balaban J connectivity index is 2.43. The molecule has 1 aromatic heterocycles. The summed E-state index contributed by atoms with van der Waals surface area (Å²) in [6.45, 7) is 2.42. The van der Waals surface area contributed by atoms with E-state index in [0.29, 0.717) is 23.8 Å².